The van der Waals surface area contributed by atoms with E-state index in [0.29, 0.717) is 28.6 Å². The van der Waals surface area contributed by atoms with Crippen LogP contribution in [0.25, 0.3) is 0 Å². The Kier molecular flexibility index (Phi) is 5.35. The molecule has 0 aliphatic carbocycles. The second-order valence-corrected chi connectivity index (χ2v) is 4.40. The summed E-state index contributed by atoms with van der Waals surface area (Å²) in [6.07, 6.45) is 0. The van der Waals surface area contributed by atoms with Gasteiger partial charge in [0.25, 0.3) is 0 Å². The van der Waals surface area contributed by atoms with Gasteiger partial charge in [-0.25, -0.2) is 4.39 Å². The Balaban J connectivity index is 2.34. The summed E-state index contributed by atoms with van der Waals surface area (Å²) >= 11 is 0. The van der Waals surface area contributed by atoms with Crippen LogP contribution < -0.4 is 18.9 Å². The van der Waals surface area contributed by atoms with Crippen molar-refractivity contribution < 1.29 is 23.3 Å². The standard InChI is InChI=1S/C16H17FN2O4/c1-20-13-6-5-10(7-12(13)17)18-19-11-8-14(21-2)16(23-4)15(9-11)22-3/h5-9H,1-4H3. The SMILES string of the molecule is COc1ccc(N=Nc2cc(OC)c(OC)c(OC)c2)cc1F. The maximum absolute atomic E-state index is 13.6. The molecule has 0 saturated heterocycles. The summed E-state index contributed by atoms with van der Waals surface area (Å²) < 4.78 is 34.2. The van der Waals surface area contributed by atoms with E-state index in [-0.39, 0.29) is 5.75 Å². The lowest BCUT2D eigenvalue weighted by atomic mass is 10.2. The number of methoxy groups -OCH3 is 4. The molecule has 0 saturated carbocycles. The Morgan fingerprint density at radius 3 is 1.74 bits per heavy atom. The average molecular weight is 320 g/mol. The minimum atomic E-state index is -0.506. The number of hydrogen-bond donors (Lipinski definition) is 0. The molecule has 2 aromatic carbocycles. The third-order valence-electron chi connectivity index (χ3n) is 3.07. The first-order valence-electron chi connectivity index (χ1n) is 6.68. The van der Waals surface area contributed by atoms with Crippen molar-refractivity contribution in [1.82, 2.24) is 0 Å². The summed E-state index contributed by atoms with van der Waals surface area (Å²) in [5, 5.41) is 8.06. The Morgan fingerprint density at radius 2 is 1.26 bits per heavy atom. The third-order valence-corrected chi connectivity index (χ3v) is 3.07. The highest BCUT2D eigenvalue weighted by Crippen LogP contribution is 2.41. The van der Waals surface area contributed by atoms with Crippen LogP contribution in [0.1, 0.15) is 0 Å². The molecule has 0 amide bonds. The molecule has 0 aliphatic heterocycles. The predicted octanol–water partition coefficient (Wildman–Crippen LogP) is 4.28. The zero-order valence-corrected chi connectivity index (χ0v) is 13.3. The molecule has 6 nitrogen and oxygen atoms in total. The molecule has 0 aliphatic rings. The lowest BCUT2D eigenvalue weighted by Crippen LogP contribution is -1.94. The van der Waals surface area contributed by atoms with Crippen LogP contribution in [0.3, 0.4) is 0 Å². The molecule has 0 aromatic heterocycles. The van der Waals surface area contributed by atoms with Crippen LogP contribution in [0.4, 0.5) is 15.8 Å². The normalized spacial score (nSPS) is 10.7. The molecule has 0 atom stereocenters. The topological polar surface area (TPSA) is 61.6 Å². The second kappa shape index (κ2) is 7.44. The van der Waals surface area contributed by atoms with Crippen molar-refractivity contribution in [2.24, 2.45) is 10.2 Å². The fourth-order valence-electron chi connectivity index (χ4n) is 1.96. The number of halogens is 1. The monoisotopic (exact) mass is 320 g/mol. The summed E-state index contributed by atoms with van der Waals surface area (Å²) in [6.45, 7) is 0. The highest BCUT2D eigenvalue weighted by molar-refractivity contribution is 5.60. The summed E-state index contributed by atoms with van der Waals surface area (Å²) in [7, 11) is 5.94. The summed E-state index contributed by atoms with van der Waals surface area (Å²) in [5.41, 5.74) is 0.841. The van der Waals surface area contributed by atoms with Gasteiger partial charge in [-0.1, -0.05) is 0 Å². The van der Waals surface area contributed by atoms with Gasteiger partial charge in [-0.2, -0.15) is 10.2 Å². The summed E-state index contributed by atoms with van der Waals surface area (Å²) in [5.74, 6) is 1.03. The average Bonchev–Trinajstić information content (AvgIpc) is 2.58. The van der Waals surface area contributed by atoms with Crippen molar-refractivity contribution in [3.63, 3.8) is 0 Å². The van der Waals surface area contributed by atoms with E-state index >= 15 is 0 Å². The molecular weight excluding hydrogens is 303 g/mol. The fraction of sp³-hybridized carbons (Fsp3) is 0.250. The van der Waals surface area contributed by atoms with Crippen LogP contribution in [-0.2, 0) is 0 Å². The molecule has 0 fully saturated rings. The Morgan fingerprint density at radius 1 is 0.696 bits per heavy atom. The van der Waals surface area contributed by atoms with E-state index in [1.165, 1.54) is 40.6 Å². The van der Waals surface area contributed by atoms with Crippen molar-refractivity contribution in [2.75, 3.05) is 28.4 Å². The van der Waals surface area contributed by atoms with Gasteiger partial charge in [-0.05, 0) is 12.1 Å². The number of hydrogen-bond acceptors (Lipinski definition) is 6. The van der Waals surface area contributed by atoms with Crippen molar-refractivity contribution >= 4 is 11.4 Å². The molecular formula is C16H17FN2O4. The van der Waals surface area contributed by atoms with E-state index in [1.807, 2.05) is 0 Å². The minimum Gasteiger partial charge on any atom is -0.494 e. The molecule has 0 unspecified atom stereocenters. The van der Waals surface area contributed by atoms with Gasteiger partial charge in [0.05, 0.1) is 39.8 Å². The maximum Gasteiger partial charge on any atom is 0.203 e. The largest absolute Gasteiger partial charge is 0.494 e. The molecule has 0 radical (unpaired) electrons. The molecule has 0 spiro atoms. The van der Waals surface area contributed by atoms with Gasteiger partial charge in [-0.15, -0.1) is 0 Å². The Bertz CT molecular complexity index is 694. The first-order chi connectivity index (χ1) is 11.1. The van der Waals surface area contributed by atoms with Gasteiger partial charge < -0.3 is 18.9 Å². The van der Waals surface area contributed by atoms with E-state index in [2.05, 4.69) is 10.2 Å². The summed E-state index contributed by atoms with van der Waals surface area (Å²) in [4.78, 5) is 0. The zero-order valence-electron chi connectivity index (χ0n) is 13.3. The van der Waals surface area contributed by atoms with E-state index in [0.717, 1.165) is 0 Å². The van der Waals surface area contributed by atoms with E-state index in [1.54, 1.807) is 18.2 Å². The molecule has 0 N–H and O–H groups in total. The lowest BCUT2D eigenvalue weighted by Gasteiger charge is -2.12. The fourth-order valence-corrected chi connectivity index (χ4v) is 1.96. The smallest absolute Gasteiger partial charge is 0.203 e. The number of benzene rings is 2. The Labute approximate surface area is 133 Å². The van der Waals surface area contributed by atoms with Gasteiger partial charge in [0.15, 0.2) is 23.1 Å². The van der Waals surface area contributed by atoms with Crippen LogP contribution in [-0.4, -0.2) is 28.4 Å². The zero-order chi connectivity index (χ0) is 16.8. The quantitative estimate of drug-likeness (QED) is 0.745. The van der Waals surface area contributed by atoms with Crippen LogP contribution in [0.2, 0.25) is 0 Å². The van der Waals surface area contributed by atoms with Gasteiger partial charge in [0, 0.05) is 18.2 Å². The number of azo groups is 1. The molecule has 0 heterocycles. The molecule has 122 valence electrons. The van der Waals surface area contributed by atoms with Crippen LogP contribution in [0.5, 0.6) is 23.0 Å². The number of ether oxygens (including phenoxy) is 4. The molecule has 23 heavy (non-hydrogen) atoms. The van der Waals surface area contributed by atoms with E-state index in [4.69, 9.17) is 18.9 Å². The highest BCUT2D eigenvalue weighted by Gasteiger charge is 2.13. The van der Waals surface area contributed by atoms with Gasteiger partial charge >= 0.3 is 0 Å². The van der Waals surface area contributed by atoms with Crippen molar-refractivity contribution in [1.29, 1.82) is 0 Å². The first kappa shape index (κ1) is 16.5. The maximum atomic E-state index is 13.6. The van der Waals surface area contributed by atoms with Crippen molar-refractivity contribution in [3.8, 4) is 23.0 Å². The number of nitrogens with zero attached hydrogens (tertiary/aromatic N) is 2. The molecule has 7 heteroatoms. The third kappa shape index (κ3) is 3.68. The van der Waals surface area contributed by atoms with E-state index < -0.39 is 5.82 Å². The Hall–Kier alpha value is -2.83. The predicted molar refractivity (Wildman–Crippen MR) is 83.2 cm³/mol. The first-order valence-corrected chi connectivity index (χ1v) is 6.68. The second-order valence-electron chi connectivity index (χ2n) is 4.40. The van der Waals surface area contributed by atoms with Gasteiger partial charge in [-0.3, -0.25) is 0 Å². The molecule has 2 rings (SSSR count). The highest BCUT2D eigenvalue weighted by atomic mass is 19.1. The molecule has 2 aromatic rings. The van der Waals surface area contributed by atoms with Gasteiger partial charge in [0.2, 0.25) is 5.75 Å². The van der Waals surface area contributed by atoms with Crippen LogP contribution in [0, 0.1) is 5.82 Å². The van der Waals surface area contributed by atoms with E-state index in [9.17, 15) is 4.39 Å². The minimum absolute atomic E-state index is 0.150. The molecule has 0 bridgehead atoms. The van der Waals surface area contributed by atoms with Gasteiger partial charge in [0.1, 0.15) is 0 Å². The van der Waals surface area contributed by atoms with Crippen molar-refractivity contribution in [3.05, 3.63) is 36.1 Å². The lowest BCUT2D eigenvalue weighted by molar-refractivity contribution is 0.324. The summed E-state index contributed by atoms with van der Waals surface area (Å²) in [6, 6.07) is 7.61. The van der Waals surface area contributed by atoms with Crippen LogP contribution >= 0.6 is 0 Å². The van der Waals surface area contributed by atoms with Crippen LogP contribution in [0.15, 0.2) is 40.6 Å². The number of rotatable bonds is 6. The van der Waals surface area contributed by atoms with Crippen molar-refractivity contribution in [2.45, 2.75) is 0 Å².